The van der Waals surface area contributed by atoms with Crippen LogP contribution < -0.4 is 11.5 Å². The van der Waals surface area contributed by atoms with Crippen LogP contribution in [0.3, 0.4) is 0 Å². The van der Waals surface area contributed by atoms with Gasteiger partial charge >= 0.3 is 0 Å². The lowest BCUT2D eigenvalue weighted by molar-refractivity contribution is 0.977. The number of aryl methyl sites for hydroxylation is 1. The van der Waals surface area contributed by atoms with Gasteiger partial charge in [0.25, 0.3) is 0 Å². The third kappa shape index (κ3) is 3.02. The summed E-state index contributed by atoms with van der Waals surface area (Å²) in [7, 11) is 0. The molecule has 0 aromatic carbocycles. The Kier molecular flexibility index (Phi) is 3.83. The predicted molar refractivity (Wildman–Crippen MR) is 86.8 cm³/mol. The van der Waals surface area contributed by atoms with Gasteiger partial charge in [0.2, 0.25) is 5.28 Å². The van der Waals surface area contributed by atoms with Crippen molar-refractivity contribution in [2.45, 2.75) is 23.5 Å². The van der Waals surface area contributed by atoms with Crippen molar-refractivity contribution in [1.29, 1.82) is 0 Å². The van der Waals surface area contributed by atoms with Crippen LogP contribution >= 0.6 is 34.7 Å². The molecule has 0 unspecified atom stereocenters. The van der Waals surface area contributed by atoms with E-state index < -0.39 is 0 Å². The van der Waals surface area contributed by atoms with E-state index in [0.717, 1.165) is 16.6 Å². The standard InChI is InChI=1S/C12H11ClN6S2/c1-2-5-3-6-9(20-5)18-11(13)19-10(6)21-12-16-7(14)4-8(15)17-12/h3-4H,2H2,1H3,(H4,14,15,16,17). The highest BCUT2D eigenvalue weighted by Crippen LogP contribution is 2.35. The molecule has 0 aliphatic rings. The lowest BCUT2D eigenvalue weighted by Crippen LogP contribution is -1.99. The lowest BCUT2D eigenvalue weighted by Gasteiger charge is -2.03. The van der Waals surface area contributed by atoms with E-state index in [1.54, 1.807) is 11.3 Å². The fourth-order valence-electron chi connectivity index (χ4n) is 1.77. The van der Waals surface area contributed by atoms with E-state index in [-0.39, 0.29) is 5.28 Å². The van der Waals surface area contributed by atoms with E-state index in [0.29, 0.717) is 21.8 Å². The van der Waals surface area contributed by atoms with Crippen LogP contribution in [0.1, 0.15) is 11.8 Å². The minimum absolute atomic E-state index is 0.200. The second-order valence-corrected chi connectivity index (χ2v) is 6.59. The van der Waals surface area contributed by atoms with Gasteiger partial charge in [0.15, 0.2) is 5.16 Å². The van der Waals surface area contributed by atoms with Gasteiger partial charge in [-0.25, -0.2) is 19.9 Å². The molecule has 0 aliphatic carbocycles. The first-order valence-electron chi connectivity index (χ1n) is 6.09. The minimum atomic E-state index is 0.200. The van der Waals surface area contributed by atoms with Crippen LogP contribution in [0.15, 0.2) is 22.3 Å². The molecule has 0 spiro atoms. The van der Waals surface area contributed by atoms with Crippen molar-refractivity contribution in [3.05, 3.63) is 22.3 Å². The van der Waals surface area contributed by atoms with Crippen molar-refractivity contribution in [3.63, 3.8) is 0 Å². The van der Waals surface area contributed by atoms with Crippen molar-refractivity contribution in [2.24, 2.45) is 0 Å². The molecule has 0 radical (unpaired) electrons. The van der Waals surface area contributed by atoms with Gasteiger partial charge in [-0.1, -0.05) is 6.92 Å². The average molecular weight is 339 g/mol. The molecule has 108 valence electrons. The molecule has 6 nitrogen and oxygen atoms in total. The number of rotatable bonds is 3. The Morgan fingerprint density at radius 3 is 2.52 bits per heavy atom. The van der Waals surface area contributed by atoms with Crippen LogP contribution in [0.5, 0.6) is 0 Å². The number of nitrogens with two attached hydrogens (primary N) is 2. The molecule has 0 bridgehead atoms. The van der Waals surface area contributed by atoms with Gasteiger partial charge in [-0.15, -0.1) is 11.3 Å². The normalized spacial score (nSPS) is 11.1. The van der Waals surface area contributed by atoms with Crippen LogP contribution in [0.25, 0.3) is 10.2 Å². The number of anilines is 2. The number of thiophene rings is 1. The van der Waals surface area contributed by atoms with E-state index in [9.17, 15) is 0 Å². The molecule has 0 saturated heterocycles. The highest BCUT2D eigenvalue weighted by atomic mass is 35.5. The minimum Gasteiger partial charge on any atom is -0.383 e. The van der Waals surface area contributed by atoms with Crippen LogP contribution in [0, 0.1) is 0 Å². The van der Waals surface area contributed by atoms with Crippen LogP contribution in [0.2, 0.25) is 5.28 Å². The molecule has 0 amide bonds. The van der Waals surface area contributed by atoms with Crippen molar-refractivity contribution < 1.29 is 0 Å². The topological polar surface area (TPSA) is 104 Å². The molecule has 21 heavy (non-hydrogen) atoms. The van der Waals surface area contributed by atoms with Crippen molar-refractivity contribution >= 4 is 56.6 Å². The molecule has 3 aromatic rings. The zero-order chi connectivity index (χ0) is 15.0. The summed E-state index contributed by atoms with van der Waals surface area (Å²) in [5, 5.41) is 2.28. The number of fused-ring (bicyclic) bond motifs is 1. The first-order valence-corrected chi connectivity index (χ1v) is 8.10. The fraction of sp³-hybridized carbons (Fsp3) is 0.167. The van der Waals surface area contributed by atoms with E-state index in [2.05, 4.69) is 32.9 Å². The molecule has 3 aromatic heterocycles. The van der Waals surface area contributed by atoms with E-state index >= 15 is 0 Å². The summed E-state index contributed by atoms with van der Waals surface area (Å²) in [6, 6.07) is 3.57. The number of halogens is 1. The second-order valence-electron chi connectivity index (χ2n) is 4.19. The largest absolute Gasteiger partial charge is 0.383 e. The van der Waals surface area contributed by atoms with Gasteiger partial charge in [-0.05, 0) is 35.9 Å². The monoisotopic (exact) mass is 338 g/mol. The third-order valence-corrected chi connectivity index (χ3v) is 4.88. The Morgan fingerprint density at radius 2 is 1.86 bits per heavy atom. The molecular weight excluding hydrogens is 328 g/mol. The molecule has 0 fully saturated rings. The number of nitrogen functional groups attached to an aromatic ring is 2. The smallest absolute Gasteiger partial charge is 0.224 e. The number of hydrogen-bond donors (Lipinski definition) is 2. The van der Waals surface area contributed by atoms with E-state index in [4.69, 9.17) is 23.1 Å². The van der Waals surface area contributed by atoms with Gasteiger partial charge in [-0.2, -0.15) is 0 Å². The molecule has 4 N–H and O–H groups in total. The Morgan fingerprint density at radius 1 is 1.14 bits per heavy atom. The molecule has 3 heterocycles. The Bertz CT molecular complexity index is 799. The summed E-state index contributed by atoms with van der Waals surface area (Å²) in [4.78, 5) is 18.9. The van der Waals surface area contributed by atoms with Crippen LogP contribution in [0.4, 0.5) is 11.6 Å². The van der Waals surface area contributed by atoms with Gasteiger partial charge in [0.05, 0.1) is 0 Å². The highest BCUT2D eigenvalue weighted by molar-refractivity contribution is 7.99. The average Bonchev–Trinajstić information content (AvgIpc) is 2.80. The molecule has 0 aliphatic heterocycles. The first-order chi connectivity index (χ1) is 10.0. The molecular formula is C12H11ClN6S2. The maximum Gasteiger partial charge on any atom is 0.224 e. The van der Waals surface area contributed by atoms with E-state index in [1.807, 2.05) is 0 Å². The Hall–Kier alpha value is -1.64. The summed E-state index contributed by atoms with van der Waals surface area (Å²) in [6.45, 7) is 2.09. The fourth-order valence-corrected chi connectivity index (χ4v) is 3.94. The Labute approximate surface area is 134 Å². The van der Waals surface area contributed by atoms with Gasteiger partial charge in [-0.3, -0.25) is 0 Å². The first kappa shape index (κ1) is 14.3. The number of aromatic nitrogens is 4. The molecule has 0 atom stereocenters. The zero-order valence-corrected chi connectivity index (χ0v) is 13.4. The SMILES string of the molecule is CCc1cc2c(Sc3nc(N)cc(N)n3)nc(Cl)nc2s1. The van der Waals surface area contributed by atoms with Crippen LogP contribution in [-0.4, -0.2) is 19.9 Å². The second kappa shape index (κ2) is 5.63. The summed E-state index contributed by atoms with van der Waals surface area (Å²) in [6.07, 6.45) is 0.935. The summed E-state index contributed by atoms with van der Waals surface area (Å²) < 4.78 is 0. The third-order valence-electron chi connectivity index (χ3n) is 2.66. The van der Waals surface area contributed by atoms with Gasteiger partial charge in [0, 0.05) is 16.3 Å². The van der Waals surface area contributed by atoms with Crippen molar-refractivity contribution in [2.75, 3.05) is 11.5 Å². The molecule has 0 saturated carbocycles. The van der Waals surface area contributed by atoms with Crippen LogP contribution in [-0.2, 0) is 6.42 Å². The lowest BCUT2D eigenvalue weighted by atomic mass is 10.3. The molecule has 3 rings (SSSR count). The highest BCUT2D eigenvalue weighted by Gasteiger charge is 2.13. The van der Waals surface area contributed by atoms with Crippen molar-refractivity contribution in [3.8, 4) is 0 Å². The molecule has 9 heteroatoms. The summed E-state index contributed by atoms with van der Waals surface area (Å²) in [5.41, 5.74) is 11.4. The Balaban J connectivity index is 2.08. The maximum absolute atomic E-state index is 5.99. The summed E-state index contributed by atoms with van der Waals surface area (Å²) >= 11 is 8.86. The van der Waals surface area contributed by atoms with E-state index in [1.165, 1.54) is 22.7 Å². The van der Waals surface area contributed by atoms with Crippen molar-refractivity contribution in [1.82, 2.24) is 19.9 Å². The van der Waals surface area contributed by atoms with Gasteiger partial charge in [0.1, 0.15) is 21.5 Å². The predicted octanol–water partition coefficient (Wildman–Crippen LogP) is 3.01. The quantitative estimate of drug-likeness (QED) is 0.558. The number of hydrogen-bond acceptors (Lipinski definition) is 8. The maximum atomic E-state index is 5.99. The van der Waals surface area contributed by atoms with Gasteiger partial charge < -0.3 is 11.5 Å². The summed E-state index contributed by atoms with van der Waals surface area (Å²) in [5.74, 6) is 0.641. The number of nitrogens with zero attached hydrogens (tertiary/aromatic N) is 4. The zero-order valence-electron chi connectivity index (χ0n) is 11.0.